The van der Waals surface area contributed by atoms with Crippen molar-refractivity contribution in [2.45, 2.75) is 180 Å². The van der Waals surface area contributed by atoms with Gasteiger partial charge in [-0.05, 0) is 161 Å². The van der Waals surface area contributed by atoms with Gasteiger partial charge in [-0.15, -0.1) is 0 Å². The molecule has 2 atom stereocenters. The number of methoxy groups -OCH3 is 2. The third-order valence-corrected chi connectivity index (χ3v) is 29.2. The zero-order valence-electron chi connectivity index (χ0n) is 67.4. The van der Waals surface area contributed by atoms with Gasteiger partial charge in [0, 0.05) is 131 Å². The second-order valence-electron chi connectivity index (χ2n) is 33.1. The van der Waals surface area contributed by atoms with E-state index in [1.54, 1.807) is 130 Å². The van der Waals surface area contributed by atoms with Crippen LogP contribution in [0.25, 0.3) is 66.4 Å². The molecular weight excluding hydrogens is 1490 g/mol. The van der Waals surface area contributed by atoms with Gasteiger partial charge >= 0.3 is 0 Å². The van der Waals surface area contributed by atoms with Crippen molar-refractivity contribution < 1.29 is 46.0 Å². The zero-order chi connectivity index (χ0) is 80.6. The van der Waals surface area contributed by atoms with Gasteiger partial charge in [-0.1, -0.05) is 126 Å². The summed E-state index contributed by atoms with van der Waals surface area (Å²) in [4.78, 5) is 10.0. The highest BCUT2D eigenvalue weighted by atomic mass is 32.2. The summed E-state index contributed by atoms with van der Waals surface area (Å²) in [5.41, 5.74) is 12.7. The number of aryl methyl sites for hydroxylation is 6. The van der Waals surface area contributed by atoms with Crippen LogP contribution in [0.3, 0.4) is 0 Å². The number of aliphatic hydroxyl groups excluding tert-OH is 2. The van der Waals surface area contributed by atoms with Crippen molar-refractivity contribution in [1.82, 2.24) is 47.4 Å². The summed E-state index contributed by atoms with van der Waals surface area (Å²) < 4.78 is 85.3. The van der Waals surface area contributed by atoms with E-state index in [0.717, 1.165) is 64.2 Å². The van der Waals surface area contributed by atoms with E-state index >= 15 is 0 Å². The summed E-state index contributed by atoms with van der Waals surface area (Å²) in [5.74, 6) is 0.669. The Labute approximate surface area is 652 Å². The van der Waals surface area contributed by atoms with Crippen LogP contribution in [0, 0.1) is 64.2 Å². The number of nitrogens with one attached hydrogen (secondary N) is 2. The molecule has 0 radical (unpaired) electrons. The molecule has 0 saturated heterocycles. The van der Waals surface area contributed by atoms with Crippen LogP contribution in [0.15, 0.2) is 144 Å². The largest absolute Gasteiger partial charge is 0.385 e. The summed E-state index contributed by atoms with van der Waals surface area (Å²) in [6.45, 7) is 42.5. The molecule has 22 nitrogen and oxygen atoms in total. The monoisotopic (exact) mass is 1600 g/mol. The Bertz CT molecular complexity index is 5290. The average Bonchev–Trinajstić information content (AvgIpc) is 1.59. The number of nitrogens with zero attached hydrogens (tertiary/aromatic N) is 10. The topological polar surface area (TPSA) is 296 Å². The van der Waals surface area contributed by atoms with Crippen LogP contribution in [0.1, 0.15) is 79.5 Å². The van der Waals surface area contributed by atoms with Crippen molar-refractivity contribution in [3.8, 4) is 34.7 Å². The van der Waals surface area contributed by atoms with Gasteiger partial charge in [0.05, 0.1) is 77.5 Å². The maximum absolute atomic E-state index is 14.2. The molecule has 2 unspecified atom stereocenters. The van der Waals surface area contributed by atoms with Crippen molar-refractivity contribution in [2.24, 2.45) is 0 Å². The predicted octanol–water partition coefficient (Wildman–Crippen LogP) is 17.6. The fourth-order valence-corrected chi connectivity index (χ4v) is 18.8. The van der Waals surface area contributed by atoms with E-state index in [-0.39, 0.29) is 23.3 Å². The lowest BCUT2D eigenvalue weighted by Crippen LogP contribution is -2.22. The van der Waals surface area contributed by atoms with E-state index < -0.39 is 64.6 Å². The molecule has 12 rings (SSSR count). The van der Waals surface area contributed by atoms with Crippen LogP contribution in [-0.2, 0) is 52.5 Å². The van der Waals surface area contributed by atoms with Gasteiger partial charge in [0.2, 0.25) is 0 Å². The molecule has 6 heterocycles. The molecule has 0 bridgehead atoms. The molecule has 0 spiro atoms. The molecule has 584 valence electrons. The minimum absolute atomic E-state index is 0.131. The van der Waals surface area contributed by atoms with Crippen molar-refractivity contribution in [2.75, 3.05) is 40.6 Å². The van der Waals surface area contributed by atoms with Crippen LogP contribution in [0.4, 0.5) is 0 Å². The molecule has 0 aliphatic rings. The lowest BCUT2D eigenvalue weighted by atomic mass is 9.93. The average molecular weight is 1600 g/mol. The second kappa shape index (κ2) is 35.3. The first-order chi connectivity index (χ1) is 51.7. The molecule has 0 fully saturated rings. The molecule has 6 aromatic heterocycles. The molecule has 0 saturated carbocycles. The van der Waals surface area contributed by atoms with Gasteiger partial charge in [-0.25, -0.2) is 34.7 Å². The van der Waals surface area contributed by atoms with E-state index in [4.69, 9.17) is 28.9 Å². The minimum Gasteiger partial charge on any atom is -0.385 e. The van der Waals surface area contributed by atoms with E-state index in [1.165, 1.54) is 20.0 Å². The smallest absolute Gasteiger partial charge is 0.268 e. The Morgan fingerprint density at radius 3 is 1.20 bits per heavy atom. The van der Waals surface area contributed by atoms with Crippen LogP contribution < -0.4 is 0 Å². The number of rotatable bonds is 26. The normalized spacial score (nSPS) is 12.8. The second-order valence-corrected chi connectivity index (χ2v) is 59.2. The van der Waals surface area contributed by atoms with Crippen molar-refractivity contribution in [3.05, 3.63) is 201 Å². The first-order valence-electron chi connectivity index (χ1n) is 37.0. The van der Waals surface area contributed by atoms with Crippen molar-refractivity contribution >= 4 is 96.2 Å². The van der Waals surface area contributed by atoms with Crippen LogP contribution in [0.2, 0.25) is 103 Å². The molecule has 0 aliphatic heterocycles. The lowest BCUT2D eigenvalue weighted by molar-refractivity contribution is 0.0815. The maximum Gasteiger partial charge on any atom is 0.268 e. The van der Waals surface area contributed by atoms with Gasteiger partial charge in [-0.2, -0.15) is 20.7 Å². The van der Waals surface area contributed by atoms with Crippen LogP contribution in [0.5, 0.6) is 0 Å². The molecular formula is C82H108N12O10S2Si4. The molecule has 0 amide bonds. The third-order valence-electron chi connectivity index (χ3n) is 19.1. The Hall–Kier alpha value is -8.73. The Balaban J connectivity index is 0.000000211. The van der Waals surface area contributed by atoms with E-state index in [2.05, 4.69) is 111 Å². The first kappa shape index (κ1) is 85.3. The maximum atomic E-state index is 14.2. The van der Waals surface area contributed by atoms with Gasteiger partial charge in [0.1, 0.15) is 37.3 Å². The summed E-state index contributed by atoms with van der Waals surface area (Å²) in [7, 11) is -8.83. The highest BCUT2D eigenvalue weighted by Gasteiger charge is 2.34. The summed E-state index contributed by atoms with van der Waals surface area (Å²) in [6.07, 6.45) is 3.87. The number of ether oxygens (including phenoxy) is 4. The van der Waals surface area contributed by atoms with E-state index in [9.17, 15) is 37.6 Å². The van der Waals surface area contributed by atoms with E-state index in [1.807, 2.05) is 68.9 Å². The number of hydrogen-bond acceptors (Lipinski definition) is 16. The number of aromatic amines is 2. The first-order valence-corrected chi connectivity index (χ1v) is 54.7. The van der Waals surface area contributed by atoms with Gasteiger partial charge in [0.15, 0.2) is 0 Å². The highest BCUT2D eigenvalue weighted by Crippen LogP contribution is 2.45. The molecule has 4 N–H and O–H groups in total. The number of aromatic nitrogens is 10. The number of fused-ring (bicyclic) bond motifs is 4. The third kappa shape index (κ3) is 20.3. The van der Waals surface area contributed by atoms with Crippen molar-refractivity contribution in [1.29, 1.82) is 10.5 Å². The quantitative estimate of drug-likeness (QED) is 0.0289. The fourth-order valence-electron chi connectivity index (χ4n) is 12.8. The van der Waals surface area contributed by atoms with Gasteiger partial charge in [-0.3, -0.25) is 10.2 Å². The number of aliphatic hydroxyl groups is 2. The summed E-state index contributed by atoms with van der Waals surface area (Å²) in [6, 6.07) is 40.1. The lowest BCUT2D eigenvalue weighted by Gasteiger charge is -2.20. The Kier molecular flexibility index (Phi) is 27.4. The van der Waals surface area contributed by atoms with Gasteiger partial charge in [0.25, 0.3) is 20.0 Å². The highest BCUT2D eigenvalue weighted by molar-refractivity contribution is 7.90. The SMILES string of the molecule is COCC[Si](C)(C)C.COCC[Si](C)(C)C.Cc1ccc(S(=O)(=O)n2cc(-c3ccn[nH]3)c3c(C(O)c4nc5cc(C#N)ccc5n4COCC[Si](C)(C)C)c(C)cc(C)c32)cc1.Cc1ccc(S(=O)(=O)n2cc(-c3ccn[nH]3)c3c(C(O)c4nc5ccc(C#N)cc5n4COCC[Si](C)(C)C)c(C)cc(C)c32)cc1. The fraction of sp³-hybridized carbons (Fsp3) is 0.390. The number of nitriles is 2. The van der Waals surface area contributed by atoms with E-state index in [0.29, 0.717) is 108 Å². The number of benzene rings is 6. The van der Waals surface area contributed by atoms with Gasteiger partial charge < -0.3 is 38.3 Å². The summed E-state index contributed by atoms with van der Waals surface area (Å²) in [5, 5.41) is 59.3. The molecule has 6 aromatic carbocycles. The predicted molar refractivity (Wildman–Crippen MR) is 451 cm³/mol. The Morgan fingerprint density at radius 2 is 0.836 bits per heavy atom. The standard InChI is InChI=1S/2C35H38N6O4SSi.2C6H16OSi/c1-22-7-10-26(11-8-22)46(43,44)41-20-27(28-13-14-37-39-28)32-31(23(2)17-24(3)33(32)41)34(42)35-38-29-18-25(19-36)9-12-30(29)40(35)21-45-15-16-47(4,5)6;1-22-7-10-26(11-8-22)46(43,44)41-20-27(28-13-14-37-39-28)32-31(23(2)17-24(3)33(32)41)34(42)35-38-29-12-9-25(19-36)18-30(29)40(35)21-45-15-16-47(4,5)6;2*1-7-5-6-8(2,3)4/h2*7-14,17-18,20,34,42H,15-16,21H2,1-6H3,(H,37,39);2*5-6H2,1-4H3. The van der Waals surface area contributed by atoms with Crippen LogP contribution in [-0.4, -0.2) is 147 Å². The van der Waals surface area contributed by atoms with Crippen LogP contribution >= 0.6 is 0 Å². The minimum atomic E-state index is -4.03. The molecule has 28 heteroatoms. The molecule has 0 aliphatic carbocycles. The number of imidazole rings is 2. The number of H-pyrrole nitrogens is 2. The van der Waals surface area contributed by atoms with Crippen molar-refractivity contribution in [3.63, 3.8) is 0 Å². The number of hydrogen-bond donors (Lipinski definition) is 4. The molecule has 12 aromatic rings. The molecule has 110 heavy (non-hydrogen) atoms. The Morgan fingerprint density at radius 1 is 0.464 bits per heavy atom. The zero-order valence-corrected chi connectivity index (χ0v) is 73.0. The summed E-state index contributed by atoms with van der Waals surface area (Å²) >= 11 is 0.